The molecule has 0 bridgehead atoms. The fourth-order valence-electron chi connectivity index (χ4n) is 5.19. The van der Waals surface area contributed by atoms with Gasteiger partial charge in [0.2, 0.25) is 0 Å². The Kier molecular flexibility index (Phi) is 6.16. The predicted molar refractivity (Wildman–Crippen MR) is 155 cm³/mol. The van der Waals surface area contributed by atoms with Gasteiger partial charge in [0.1, 0.15) is 0 Å². The smallest absolute Gasteiger partial charge is 0.335 e. The molecule has 2 N–H and O–H groups in total. The summed E-state index contributed by atoms with van der Waals surface area (Å²) in [4.78, 5) is 36.5. The molecule has 0 fully saturated rings. The highest BCUT2D eigenvalue weighted by Crippen LogP contribution is 2.48. The van der Waals surface area contributed by atoms with Crippen molar-refractivity contribution in [3.63, 3.8) is 0 Å². The molecule has 1 aliphatic rings. The molecule has 0 aliphatic heterocycles. The van der Waals surface area contributed by atoms with Crippen molar-refractivity contribution in [1.82, 2.24) is 15.0 Å². The summed E-state index contributed by atoms with van der Waals surface area (Å²) in [7, 11) is 0. The van der Waals surface area contributed by atoms with E-state index in [1.165, 1.54) is 52.7 Å². The van der Waals surface area contributed by atoms with Gasteiger partial charge in [-0.2, -0.15) is 0 Å². The molecule has 3 aromatic heterocycles. The number of carboxylic acid groups (broad SMARTS) is 2. The summed E-state index contributed by atoms with van der Waals surface area (Å²) in [5.74, 6) is 4.19. The van der Waals surface area contributed by atoms with Gasteiger partial charge < -0.3 is 10.2 Å². The van der Waals surface area contributed by atoms with E-state index >= 15 is 0 Å². The van der Waals surface area contributed by atoms with Gasteiger partial charge >= 0.3 is 11.9 Å². The number of benzene rings is 2. The highest BCUT2D eigenvalue weighted by Gasteiger charge is 2.34. The van der Waals surface area contributed by atoms with Gasteiger partial charge in [0.25, 0.3) is 0 Å². The molecule has 0 unspecified atom stereocenters. The second-order valence-corrected chi connectivity index (χ2v) is 10.3. The molecule has 0 atom stereocenters. The van der Waals surface area contributed by atoms with Crippen molar-refractivity contribution in [1.29, 1.82) is 0 Å². The van der Waals surface area contributed by atoms with Crippen LogP contribution in [-0.2, 0) is 5.41 Å². The van der Waals surface area contributed by atoms with Crippen LogP contribution in [0, 0.1) is 11.8 Å². The molecule has 41 heavy (non-hydrogen) atoms. The third kappa shape index (κ3) is 4.72. The molecular formula is C34H23N3O4. The van der Waals surface area contributed by atoms with Crippen LogP contribution in [0.5, 0.6) is 0 Å². The largest absolute Gasteiger partial charge is 0.478 e. The van der Waals surface area contributed by atoms with Crippen LogP contribution in [0.3, 0.4) is 0 Å². The summed E-state index contributed by atoms with van der Waals surface area (Å²) in [5.41, 5.74) is 7.69. The molecule has 1 aliphatic carbocycles. The minimum atomic E-state index is -1.15. The Morgan fingerprint density at radius 1 is 0.634 bits per heavy atom. The molecular weight excluding hydrogens is 514 g/mol. The second kappa shape index (κ2) is 9.85. The number of carbonyl (C=O) groups is 2. The normalized spacial score (nSPS) is 12.5. The number of aromatic carboxylic acids is 2. The minimum absolute atomic E-state index is 0.0208. The summed E-state index contributed by atoms with van der Waals surface area (Å²) in [6.07, 6.45) is 2.95. The zero-order chi connectivity index (χ0) is 28.7. The number of pyridine rings is 3. The Labute approximate surface area is 236 Å². The Morgan fingerprint density at radius 3 is 1.93 bits per heavy atom. The van der Waals surface area contributed by atoms with Crippen molar-refractivity contribution < 1.29 is 19.8 Å². The molecule has 0 spiro atoms. The zero-order valence-electron chi connectivity index (χ0n) is 22.2. The van der Waals surface area contributed by atoms with E-state index in [0.717, 1.165) is 5.56 Å². The first-order valence-corrected chi connectivity index (χ1v) is 12.9. The van der Waals surface area contributed by atoms with Crippen molar-refractivity contribution >= 4 is 11.9 Å². The quantitative estimate of drug-likeness (QED) is 0.258. The van der Waals surface area contributed by atoms with Gasteiger partial charge in [-0.05, 0) is 70.8 Å². The monoisotopic (exact) mass is 537 g/mol. The van der Waals surface area contributed by atoms with Gasteiger partial charge in [0.15, 0.2) is 0 Å². The fraction of sp³-hybridized carbons (Fsp3) is 0.0882. The van der Waals surface area contributed by atoms with Gasteiger partial charge in [0, 0.05) is 28.9 Å². The standard InChI is InChI=1S/C34H23N3O4/c1-34(2)26-6-4-3-5-24(26)25-10-9-20(15-27(25)34)7-8-21-11-13-35-28(16-21)30-18-23(33(40)41)19-31(37-30)29-17-22(32(38)39)12-14-36-29/h3-6,9-19H,1-2H3,(H,38,39)(H,40,41). The number of fused-ring (bicyclic) bond motifs is 3. The van der Waals surface area contributed by atoms with E-state index in [2.05, 4.69) is 77.0 Å². The van der Waals surface area contributed by atoms with E-state index in [4.69, 9.17) is 0 Å². The van der Waals surface area contributed by atoms with Gasteiger partial charge in [-0.15, -0.1) is 0 Å². The highest BCUT2D eigenvalue weighted by atomic mass is 16.4. The number of carboxylic acids is 2. The summed E-state index contributed by atoms with van der Waals surface area (Å²) >= 11 is 0. The number of aromatic nitrogens is 3. The van der Waals surface area contributed by atoms with E-state index in [1.807, 2.05) is 6.07 Å². The fourth-order valence-corrected chi connectivity index (χ4v) is 5.19. The average molecular weight is 538 g/mol. The zero-order valence-corrected chi connectivity index (χ0v) is 22.2. The van der Waals surface area contributed by atoms with Crippen molar-refractivity contribution in [3.05, 3.63) is 125 Å². The molecule has 0 saturated heterocycles. The Morgan fingerprint density at radius 2 is 1.22 bits per heavy atom. The summed E-state index contributed by atoms with van der Waals surface area (Å²) in [6.45, 7) is 4.45. The van der Waals surface area contributed by atoms with Gasteiger partial charge in [0.05, 0.1) is 33.9 Å². The molecule has 7 heteroatoms. The summed E-state index contributed by atoms with van der Waals surface area (Å²) in [5, 5.41) is 19.1. The van der Waals surface area contributed by atoms with Crippen LogP contribution >= 0.6 is 0 Å². The number of rotatable bonds is 4. The van der Waals surface area contributed by atoms with Crippen molar-refractivity contribution in [2.24, 2.45) is 0 Å². The first kappa shape index (κ1) is 25.7. The van der Waals surface area contributed by atoms with Crippen LogP contribution in [0.1, 0.15) is 56.8 Å². The number of nitrogens with zero attached hydrogens (tertiary/aromatic N) is 3. The highest BCUT2D eigenvalue weighted by molar-refractivity contribution is 5.91. The van der Waals surface area contributed by atoms with E-state index in [0.29, 0.717) is 17.0 Å². The second-order valence-electron chi connectivity index (χ2n) is 10.3. The lowest BCUT2D eigenvalue weighted by atomic mass is 9.82. The van der Waals surface area contributed by atoms with Crippen LogP contribution in [-0.4, -0.2) is 37.1 Å². The maximum absolute atomic E-state index is 11.9. The first-order chi connectivity index (χ1) is 19.7. The lowest BCUT2D eigenvalue weighted by Crippen LogP contribution is -2.14. The van der Waals surface area contributed by atoms with Gasteiger partial charge in [-0.25, -0.2) is 14.6 Å². The lowest BCUT2D eigenvalue weighted by Gasteiger charge is -2.21. The van der Waals surface area contributed by atoms with Crippen LogP contribution in [0.15, 0.2) is 91.3 Å². The van der Waals surface area contributed by atoms with E-state index in [9.17, 15) is 19.8 Å². The maximum Gasteiger partial charge on any atom is 0.335 e. The Balaban J connectivity index is 1.36. The van der Waals surface area contributed by atoms with E-state index in [-0.39, 0.29) is 27.9 Å². The molecule has 0 saturated carbocycles. The van der Waals surface area contributed by atoms with Crippen molar-refractivity contribution in [2.75, 3.05) is 0 Å². The van der Waals surface area contributed by atoms with E-state index in [1.54, 1.807) is 18.3 Å². The van der Waals surface area contributed by atoms with Crippen LogP contribution in [0.2, 0.25) is 0 Å². The lowest BCUT2D eigenvalue weighted by molar-refractivity contribution is 0.0686. The predicted octanol–water partition coefficient (Wildman–Crippen LogP) is 6.31. The third-order valence-corrected chi connectivity index (χ3v) is 7.30. The van der Waals surface area contributed by atoms with Crippen molar-refractivity contribution in [2.45, 2.75) is 19.3 Å². The molecule has 2 aromatic carbocycles. The van der Waals surface area contributed by atoms with Crippen LogP contribution in [0.25, 0.3) is 33.9 Å². The number of hydrogen-bond donors (Lipinski definition) is 2. The van der Waals surface area contributed by atoms with Crippen molar-refractivity contribution in [3.8, 4) is 45.7 Å². The topological polar surface area (TPSA) is 113 Å². The molecule has 0 radical (unpaired) electrons. The first-order valence-electron chi connectivity index (χ1n) is 12.9. The molecule has 6 rings (SSSR count). The average Bonchev–Trinajstić information content (AvgIpc) is 3.22. The maximum atomic E-state index is 11.9. The van der Waals surface area contributed by atoms with Gasteiger partial charge in [-0.3, -0.25) is 9.97 Å². The van der Waals surface area contributed by atoms with Crippen LogP contribution < -0.4 is 0 Å². The summed E-state index contributed by atoms with van der Waals surface area (Å²) < 4.78 is 0. The summed E-state index contributed by atoms with van der Waals surface area (Å²) in [6, 6.07) is 23.8. The number of hydrogen-bond acceptors (Lipinski definition) is 5. The van der Waals surface area contributed by atoms with Gasteiger partial charge in [-0.1, -0.05) is 56.0 Å². The van der Waals surface area contributed by atoms with E-state index < -0.39 is 11.9 Å². The Hall–Kier alpha value is -5.61. The van der Waals surface area contributed by atoms with Crippen LogP contribution in [0.4, 0.5) is 0 Å². The minimum Gasteiger partial charge on any atom is -0.478 e. The SMILES string of the molecule is CC1(C)c2ccccc2-c2ccc(C#Cc3ccnc(-c4cc(C(=O)O)cc(-c5cc(C(=O)O)ccn5)n4)c3)cc21. The molecule has 7 nitrogen and oxygen atoms in total. The molecule has 3 heterocycles. The molecule has 5 aromatic rings. The molecule has 198 valence electrons. The third-order valence-electron chi connectivity index (χ3n) is 7.30. The Bertz CT molecular complexity index is 1950. The molecule has 0 amide bonds.